The van der Waals surface area contributed by atoms with E-state index in [2.05, 4.69) is 21.0 Å². The van der Waals surface area contributed by atoms with Crippen LogP contribution in [0.15, 0.2) is 6.07 Å². The topological polar surface area (TPSA) is 38.1 Å². The van der Waals surface area contributed by atoms with Gasteiger partial charge in [0.1, 0.15) is 5.69 Å². The zero-order chi connectivity index (χ0) is 13.1. The van der Waals surface area contributed by atoms with Gasteiger partial charge in [-0.15, -0.1) is 0 Å². The molecule has 1 saturated heterocycles. The number of rotatable bonds is 3. The van der Waals surface area contributed by atoms with Crippen LogP contribution in [0.5, 0.6) is 0 Å². The fourth-order valence-corrected chi connectivity index (χ4v) is 3.02. The van der Waals surface area contributed by atoms with Crippen LogP contribution in [0, 0.1) is 12.8 Å². The van der Waals surface area contributed by atoms with Gasteiger partial charge < -0.3 is 4.90 Å². The van der Waals surface area contributed by atoms with Gasteiger partial charge in [0.2, 0.25) is 0 Å². The fourth-order valence-electron chi connectivity index (χ4n) is 2.50. The van der Waals surface area contributed by atoms with E-state index in [-0.39, 0.29) is 5.91 Å². The molecule has 0 saturated carbocycles. The molecule has 100 valence electrons. The van der Waals surface area contributed by atoms with Crippen LogP contribution in [0.2, 0.25) is 0 Å². The number of nitrogens with zero attached hydrogens (tertiary/aromatic N) is 3. The molecule has 1 unspecified atom stereocenters. The first kappa shape index (κ1) is 13.6. The van der Waals surface area contributed by atoms with Gasteiger partial charge in [0.15, 0.2) is 0 Å². The van der Waals surface area contributed by atoms with Gasteiger partial charge in [0, 0.05) is 25.0 Å². The van der Waals surface area contributed by atoms with Gasteiger partial charge in [0.05, 0.1) is 5.69 Å². The van der Waals surface area contributed by atoms with Crippen LogP contribution in [-0.4, -0.2) is 39.0 Å². The second kappa shape index (κ2) is 5.87. The van der Waals surface area contributed by atoms with Crippen molar-refractivity contribution in [1.29, 1.82) is 0 Å². The third kappa shape index (κ3) is 2.76. The van der Waals surface area contributed by atoms with Crippen molar-refractivity contribution < 1.29 is 4.79 Å². The van der Waals surface area contributed by atoms with Crippen molar-refractivity contribution in [2.75, 3.05) is 18.4 Å². The predicted molar refractivity (Wildman–Crippen MR) is 75.1 cm³/mol. The van der Waals surface area contributed by atoms with Crippen molar-refractivity contribution in [3.63, 3.8) is 0 Å². The lowest BCUT2D eigenvalue weighted by atomic mass is 10.00. The molecule has 0 N–H and O–H groups in total. The van der Waals surface area contributed by atoms with Gasteiger partial charge in [-0.25, -0.2) is 0 Å². The monoisotopic (exact) mass is 313 g/mol. The number of halogens is 1. The summed E-state index contributed by atoms with van der Waals surface area (Å²) in [5.41, 5.74) is 1.64. The van der Waals surface area contributed by atoms with E-state index in [9.17, 15) is 4.79 Å². The van der Waals surface area contributed by atoms with Gasteiger partial charge in [0.25, 0.3) is 5.91 Å². The first-order valence-corrected chi connectivity index (χ1v) is 7.67. The van der Waals surface area contributed by atoms with E-state index >= 15 is 0 Å². The lowest BCUT2D eigenvalue weighted by molar-refractivity contribution is 0.0673. The Morgan fingerprint density at radius 1 is 1.61 bits per heavy atom. The second-order valence-corrected chi connectivity index (χ2v) is 5.55. The number of piperidine rings is 1. The molecule has 2 heterocycles. The molecule has 1 fully saturated rings. The molecule has 0 spiro atoms. The summed E-state index contributed by atoms with van der Waals surface area (Å²) in [6.45, 7) is 6.42. The van der Waals surface area contributed by atoms with Crippen LogP contribution in [0.1, 0.15) is 35.9 Å². The number of hydrogen-bond donors (Lipinski definition) is 0. The third-order valence-corrected chi connectivity index (χ3v) is 4.36. The van der Waals surface area contributed by atoms with Crippen LogP contribution in [0.3, 0.4) is 0 Å². The molecule has 2 rings (SSSR count). The Morgan fingerprint density at radius 3 is 3.06 bits per heavy atom. The lowest BCUT2D eigenvalue weighted by Gasteiger charge is -2.31. The molecule has 1 aromatic heterocycles. The number of carbonyl (C=O) groups excluding carboxylic acids is 1. The van der Waals surface area contributed by atoms with Crippen LogP contribution in [0.4, 0.5) is 0 Å². The normalized spacial score (nSPS) is 20.2. The van der Waals surface area contributed by atoms with E-state index in [1.54, 1.807) is 4.68 Å². The summed E-state index contributed by atoms with van der Waals surface area (Å²) in [6, 6.07) is 1.89. The van der Waals surface area contributed by atoms with Crippen molar-refractivity contribution >= 4 is 21.8 Å². The van der Waals surface area contributed by atoms with Crippen molar-refractivity contribution in [3.05, 3.63) is 17.5 Å². The van der Waals surface area contributed by atoms with Crippen molar-refractivity contribution in [2.24, 2.45) is 5.92 Å². The average molecular weight is 314 g/mol. The molecule has 1 aliphatic rings. The Bertz CT molecular complexity index is 430. The zero-order valence-corrected chi connectivity index (χ0v) is 12.6. The number of alkyl halides is 1. The largest absolute Gasteiger partial charge is 0.337 e. The van der Waals surface area contributed by atoms with Crippen molar-refractivity contribution in [2.45, 2.75) is 33.2 Å². The van der Waals surface area contributed by atoms with Crippen molar-refractivity contribution in [1.82, 2.24) is 14.7 Å². The molecule has 0 aliphatic carbocycles. The molecule has 4 nitrogen and oxygen atoms in total. The maximum Gasteiger partial charge on any atom is 0.272 e. The van der Waals surface area contributed by atoms with Crippen LogP contribution in [0.25, 0.3) is 0 Å². The molecule has 5 heteroatoms. The van der Waals surface area contributed by atoms with E-state index in [0.29, 0.717) is 5.92 Å². The van der Waals surface area contributed by atoms with E-state index in [0.717, 1.165) is 42.8 Å². The predicted octanol–water partition coefficient (Wildman–Crippen LogP) is 2.46. The number of aromatic nitrogens is 2. The van der Waals surface area contributed by atoms with Gasteiger partial charge >= 0.3 is 0 Å². The molecule has 18 heavy (non-hydrogen) atoms. The standard InChI is InChI=1S/C13H20BrN3O/c1-3-17-12(7-10(2)15-17)13(18)16-6-4-5-11(8-14)9-16/h7,11H,3-6,8-9H2,1-2H3. The lowest BCUT2D eigenvalue weighted by Crippen LogP contribution is -2.41. The highest BCUT2D eigenvalue weighted by Crippen LogP contribution is 2.20. The number of carbonyl (C=O) groups is 1. The Morgan fingerprint density at radius 2 is 2.39 bits per heavy atom. The smallest absolute Gasteiger partial charge is 0.272 e. The second-order valence-electron chi connectivity index (χ2n) is 4.90. The molecular formula is C13H20BrN3O. The van der Waals surface area contributed by atoms with Crippen molar-refractivity contribution in [3.8, 4) is 0 Å². The minimum atomic E-state index is 0.128. The molecule has 0 bridgehead atoms. The first-order valence-electron chi connectivity index (χ1n) is 6.55. The Kier molecular flexibility index (Phi) is 4.43. The van der Waals surface area contributed by atoms with Gasteiger partial charge in [-0.2, -0.15) is 5.10 Å². The summed E-state index contributed by atoms with van der Waals surface area (Å²) in [4.78, 5) is 14.5. The Hall–Kier alpha value is -0.840. The van der Waals surface area contributed by atoms with Crippen LogP contribution in [-0.2, 0) is 6.54 Å². The average Bonchev–Trinajstić information content (AvgIpc) is 2.79. The van der Waals surface area contributed by atoms with Crippen LogP contribution < -0.4 is 0 Å². The summed E-state index contributed by atoms with van der Waals surface area (Å²) in [6.07, 6.45) is 2.31. The highest BCUT2D eigenvalue weighted by atomic mass is 79.9. The molecule has 1 atom stereocenters. The quantitative estimate of drug-likeness (QED) is 0.804. The number of hydrogen-bond acceptors (Lipinski definition) is 2. The summed E-state index contributed by atoms with van der Waals surface area (Å²) in [7, 11) is 0. The summed E-state index contributed by atoms with van der Waals surface area (Å²) < 4.78 is 1.80. The maximum absolute atomic E-state index is 12.5. The van der Waals surface area contributed by atoms with Crippen LogP contribution >= 0.6 is 15.9 Å². The Balaban J connectivity index is 2.14. The minimum absolute atomic E-state index is 0.128. The molecule has 1 amide bonds. The van der Waals surface area contributed by atoms with E-state index in [1.807, 2.05) is 24.8 Å². The highest BCUT2D eigenvalue weighted by molar-refractivity contribution is 9.09. The molecule has 0 aromatic carbocycles. The number of likely N-dealkylation sites (tertiary alicyclic amines) is 1. The SMILES string of the molecule is CCn1nc(C)cc1C(=O)N1CCCC(CBr)C1. The van der Waals surface area contributed by atoms with Gasteiger partial charge in [-0.05, 0) is 38.7 Å². The van der Waals surface area contributed by atoms with E-state index in [4.69, 9.17) is 0 Å². The summed E-state index contributed by atoms with van der Waals surface area (Å²) >= 11 is 3.52. The fraction of sp³-hybridized carbons (Fsp3) is 0.692. The highest BCUT2D eigenvalue weighted by Gasteiger charge is 2.25. The summed E-state index contributed by atoms with van der Waals surface area (Å²) in [5, 5.41) is 5.32. The molecule has 1 aliphatic heterocycles. The molecule has 0 radical (unpaired) electrons. The Labute approximate surface area is 116 Å². The summed E-state index contributed by atoms with van der Waals surface area (Å²) in [5.74, 6) is 0.713. The number of aryl methyl sites for hydroxylation is 2. The minimum Gasteiger partial charge on any atom is -0.337 e. The maximum atomic E-state index is 12.5. The van der Waals surface area contributed by atoms with Gasteiger partial charge in [-0.3, -0.25) is 9.48 Å². The molecule has 1 aromatic rings. The zero-order valence-electron chi connectivity index (χ0n) is 11.0. The van der Waals surface area contributed by atoms with E-state index in [1.165, 1.54) is 6.42 Å². The van der Waals surface area contributed by atoms with Gasteiger partial charge in [-0.1, -0.05) is 15.9 Å². The molecular weight excluding hydrogens is 294 g/mol. The third-order valence-electron chi connectivity index (χ3n) is 3.45. The number of amides is 1. The van der Waals surface area contributed by atoms with E-state index < -0.39 is 0 Å². The first-order chi connectivity index (χ1) is 8.65.